The predicted octanol–water partition coefficient (Wildman–Crippen LogP) is 6.91. The van der Waals surface area contributed by atoms with Crippen molar-refractivity contribution in [1.82, 2.24) is 39.0 Å². The maximum atomic E-state index is 9.74. The number of nitrogens with zero attached hydrogens (tertiary/aromatic N) is 9. The lowest BCUT2D eigenvalue weighted by molar-refractivity contribution is -0.168. The van der Waals surface area contributed by atoms with Gasteiger partial charge < -0.3 is 28.6 Å². The number of aliphatic hydroxyl groups is 1. The van der Waals surface area contributed by atoms with E-state index >= 15 is 0 Å². The molecule has 4 bridgehead atoms. The quantitative estimate of drug-likeness (QED) is 0.188. The summed E-state index contributed by atoms with van der Waals surface area (Å²) in [6.07, 6.45) is 7.57. The van der Waals surface area contributed by atoms with Crippen molar-refractivity contribution in [3.05, 3.63) is 125 Å². The zero-order valence-electron chi connectivity index (χ0n) is 29.2. The molecule has 7 aromatic rings. The molecule has 0 saturated carbocycles. The monoisotopic (exact) mass is 781 g/mol. The van der Waals surface area contributed by atoms with Crippen molar-refractivity contribution in [3.63, 3.8) is 0 Å². The fraction of sp³-hybridized carbons (Fsp3) is 0.317. The van der Waals surface area contributed by atoms with Gasteiger partial charge in [-0.3, -0.25) is 0 Å². The van der Waals surface area contributed by atoms with E-state index in [0.717, 1.165) is 88.6 Å². The van der Waals surface area contributed by atoms with E-state index in [0.29, 0.717) is 5.95 Å². The van der Waals surface area contributed by atoms with E-state index < -0.39 is 0 Å². The number of fused-ring (bicyclic) bond motifs is 2. The Hall–Kier alpha value is -5.08. The molecule has 5 aromatic heterocycles. The Morgan fingerprint density at radius 3 is 1.70 bits per heavy atom. The summed E-state index contributed by atoms with van der Waals surface area (Å²) in [5.74, 6) is 2.67. The molecule has 7 aliphatic heterocycles. The van der Waals surface area contributed by atoms with Crippen molar-refractivity contribution >= 4 is 44.2 Å². The molecule has 7 aliphatic rings. The third-order valence-corrected chi connectivity index (χ3v) is 11.9. The number of piperidine rings is 1. The summed E-state index contributed by atoms with van der Waals surface area (Å²) in [7, 11) is 0. The SMILES string of the molecule is Brc1ccc2nc3n(c2n1)[C@@H](c1ccccc1)[C@@H]1C[C@H]3O1.OC1CCN(c2ncc(-c3ccc4nc5n(c4n3)[C@@H](c3ccccc3)[C@@H]3C[C@H]5O3)cn2)CC1. The topological polar surface area (TPSA) is 129 Å². The average Bonchev–Trinajstić information content (AvgIpc) is 3.77. The van der Waals surface area contributed by atoms with Crippen molar-refractivity contribution in [3.8, 4) is 11.3 Å². The van der Waals surface area contributed by atoms with E-state index in [1.54, 1.807) is 0 Å². The number of imidazole rings is 2. The molecule has 0 unspecified atom stereocenters. The van der Waals surface area contributed by atoms with E-state index in [4.69, 9.17) is 24.4 Å². The maximum Gasteiger partial charge on any atom is 0.225 e. The number of hydrogen-bond donors (Lipinski definition) is 1. The molecule has 3 fully saturated rings. The van der Waals surface area contributed by atoms with Gasteiger partial charge in [-0.2, -0.15) is 0 Å². The van der Waals surface area contributed by atoms with Gasteiger partial charge in [0, 0.05) is 43.9 Å². The van der Waals surface area contributed by atoms with Crippen LogP contribution < -0.4 is 4.90 Å². The Morgan fingerprint density at radius 1 is 0.630 bits per heavy atom. The molecule has 0 radical (unpaired) electrons. The minimum atomic E-state index is -0.214. The minimum Gasteiger partial charge on any atom is -0.393 e. The van der Waals surface area contributed by atoms with Crippen molar-refractivity contribution in [2.45, 2.75) is 68.3 Å². The first kappa shape index (κ1) is 32.4. The lowest BCUT2D eigenvalue weighted by atomic mass is 9.88. The molecule has 14 rings (SSSR count). The number of benzene rings is 2. The highest BCUT2D eigenvalue weighted by molar-refractivity contribution is 9.10. The number of aliphatic hydroxyl groups excluding tert-OH is 1. The molecule has 270 valence electrons. The molecular weight excluding hydrogens is 746 g/mol. The van der Waals surface area contributed by atoms with Gasteiger partial charge in [0.2, 0.25) is 5.95 Å². The Morgan fingerprint density at radius 2 is 1.15 bits per heavy atom. The molecule has 12 heterocycles. The first-order valence-electron chi connectivity index (χ1n) is 18.7. The van der Waals surface area contributed by atoms with Gasteiger partial charge in [-0.15, -0.1) is 0 Å². The van der Waals surface area contributed by atoms with E-state index in [9.17, 15) is 5.11 Å². The van der Waals surface area contributed by atoms with Gasteiger partial charge in [0.05, 0.1) is 36.1 Å². The predicted molar refractivity (Wildman–Crippen MR) is 205 cm³/mol. The largest absolute Gasteiger partial charge is 0.393 e. The molecule has 6 atom stereocenters. The van der Waals surface area contributed by atoms with Gasteiger partial charge in [0.1, 0.15) is 39.5 Å². The number of aromatic nitrogens is 8. The van der Waals surface area contributed by atoms with E-state index in [1.807, 2.05) is 48.8 Å². The highest BCUT2D eigenvalue weighted by Crippen LogP contribution is 2.51. The minimum absolute atomic E-state index is 0.0540. The van der Waals surface area contributed by atoms with E-state index in [2.05, 4.69) is 93.4 Å². The second-order valence-corrected chi connectivity index (χ2v) is 15.5. The van der Waals surface area contributed by atoms with Gasteiger partial charge in [0.15, 0.2) is 11.3 Å². The molecule has 3 saturated heterocycles. The number of rotatable bonds is 4. The third kappa shape index (κ3) is 5.28. The first-order chi connectivity index (χ1) is 26.6. The van der Waals surface area contributed by atoms with Crippen LogP contribution in [-0.4, -0.2) is 75.5 Å². The smallest absolute Gasteiger partial charge is 0.225 e. The molecule has 0 amide bonds. The van der Waals surface area contributed by atoms with Gasteiger partial charge in [-0.1, -0.05) is 60.7 Å². The summed E-state index contributed by atoms with van der Waals surface area (Å²) >= 11 is 3.46. The summed E-state index contributed by atoms with van der Waals surface area (Å²) in [5.41, 5.74) is 7.81. The van der Waals surface area contributed by atoms with E-state index in [1.165, 1.54) is 11.1 Å². The Balaban J connectivity index is 0.000000139. The van der Waals surface area contributed by atoms with Crippen LogP contribution in [0, 0.1) is 0 Å². The molecule has 1 N–H and O–H groups in total. The standard InChI is InChI=1S/C25H24N6O2.C16H12BrN3O/c32-17-8-10-30(11-9-17)25-26-13-16(14-27-25)18-6-7-19-23(28-18)31-22(15-4-2-1-3-5-15)20-12-21(33-20)24(31)29-19;17-13-7-6-10-15(19-13)20-14(9-4-2-1-3-5-9)11-8-12(21-11)16(20)18-10/h1-7,13-14,17,20-22,32H,8-12H2;1-7,11-12,14H,8H2/t20-,21+,22-;11-,12+,14-/m00/s1. The number of hydrogen-bond acceptors (Lipinski definition) is 10. The van der Waals surface area contributed by atoms with Crippen LogP contribution in [0.1, 0.15) is 72.8 Å². The van der Waals surface area contributed by atoms with Crippen molar-refractivity contribution < 1.29 is 14.6 Å². The second kappa shape index (κ2) is 12.8. The highest BCUT2D eigenvalue weighted by Gasteiger charge is 2.49. The summed E-state index contributed by atoms with van der Waals surface area (Å²) in [5, 5.41) is 9.74. The molecule has 2 aromatic carbocycles. The van der Waals surface area contributed by atoms with Crippen LogP contribution in [0.3, 0.4) is 0 Å². The molecular formula is C41H36BrN9O3. The molecule has 0 spiro atoms. The lowest BCUT2D eigenvalue weighted by Gasteiger charge is -2.47. The summed E-state index contributed by atoms with van der Waals surface area (Å²) in [6, 6.07) is 29.2. The highest BCUT2D eigenvalue weighted by atomic mass is 79.9. The van der Waals surface area contributed by atoms with Crippen LogP contribution >= 0.6 is 15.9 Å². The van der Waals surface area contributed by atoms with Gasteiger partial charge >= 0.3 is 0 Å². The van der Waals surface area contributed by atoms with Crippen LogP contribution in [0.15, 0.2) is 102 Å². The average molecular weight is 783 g/mol. The summed E-state index contributed by atoms with van der Waals surface area (Å²) in [6.45, 7) is 1.55. The fourth-order valence-electron chi connectivity index (χ4n) is 8.73. The second-order valence-electron chi connectivity index (χ2n) is 14.7. The molecule has 12 nitrogen and oxygen atoms in total. The molecule has 54 heavy (non-hydrogen) atoms. The van der Waals surface area contributed by atoms with Crippen LogP contribution in [0.4, 0.5) is 5.95 Å². The Kier molecular flexibility index (Phi) is 7.65. The van der Waals surface area contributed by atoms with Crippen molar-refractivity contribution in [1.29, 1.82) is 0 Å². The number of ether oxygens (including phenoxy) is 2. The van der Waals surface area contributed by atoms with Crippen LogP contribution in [0.2, 0.25) is 0 Å². The van der Waals surface area contributed by atoms with Crippen LogP contribution in [0.25, 0.3) is 33.6 Å². The van der Waals surface area contributed by atoms with Gasteiger partial charge in [0.25, 0.3) is 0 Å². The van der Waals surface area contributed by atoms with Gasteiger partial charge in [-0.05, 0) is 64.2 Å². The van der Waals surface area contributed by atoms with Gasteiger partial charge in [-0.25, -0.2) is 29.9 Å². The Bertz CT molecular complexity index is 2490. The maximum absolute atomic E-state index is 9.74. The zero-order chi connectivity index (χ0) is 35.9. The number of pyridine rings is 2. The summed E-state index contributed by atoms with van der Waals surface area (Å²) < 4.78 is 17.5. The molecule has 13 heteroatoms. The normalized spacial score (nSPS) is 25.3. The molecule has 0 aliphatic carbocycles. The van der Waals surface area contributed by atoms with E-state index in [-0.39, 0.29) is 42.6 Å². The van der Waals surface area contributed by atoms with Crippen molar-refractivity contribution in [2.75, 3.05) is 18.0 Å². The lowest BCUT2D eigenvalue weighted by Crippen LogP contribution is -2.46. The third-order valence-electron chi connectivity index (χ3n) is 11.5. The number of anilines is 1. The summed E-state index contributed by atoms with van der Waals surface area (Å²) in [4.78, 5) is 30.6. The Labute approximate surface area is 319 Å². The van der Waals surface area contributed by atoms with Crippen LogP contribution in [-0.2, 0) is 9.47 Å². The number of halogens is 1. The fourth-order valence-corrected chi connectivity index (χ4v) is 9.03. The first-order valence-corrected chi connectivity index (χ1v) is 19.4. The van der Waals surface area contributed by atoms with Crippen LogP contribution in [0.5, 0.6) is 0 Å². The van der Waals surface area contributed by atoms with Crippen molar-refractivity contribution in [2.24, 2.45) is 0 Å². The zero-order valence-corrected chi connectivity index (χ0v) is 30.8.